The number of Topliss-reactive ketones (excluding diaryl/α,β-unsaturated/α-hetero) is 1. The van der Waals surface area contributed by atoms with Crippen LogP contribution in [0.5, 0.6) is 0 Å². The SMILES string of the molecule is CNC=C(C(=O)CN(C)C(=S)C1CC1)S(=O)(=O)CN(C)C(=S)C1CC1. The zero-order valence-electron chi connectivity index (χ0n) is 14.8. The minimum Gasteiger partial charge on any atom is -0.393 e. The number of carbonyl (C=O) groups is 1. The number of ketones is 1. The average molecular weight is 404 g/mol. The van der Waals surface area contributed by atoms with Gasteiger partial charge >= 0.3 is 0 Å². The maximum Gasteiger partial charge on any atom is 0.201 e. The Morgan fingerprint density at radius 2 is 1.56 bits per heavy atom. The normalized spacial score (nSPS) is 17.8. The molecule has 0 atom stereocenters. The van der Waals surface area contributed by atoms with E-state index >= 15 is 0 Å². The molecule has 1 N–H and O–H groups in total. The Morgan fingerprint density at radius 1 is 1.08 bits per heavy atom. The van der Waals surface area contributed by atoms with Gasteiger partial charge in [-0.1, -0.05) is 24.4 Å². The monoisotopic (exact) mass is 403 g/mol. The molecule has 0 saturated heterocycles. The van der Waals surface area contributed by atoms with E-state index in [1.165, 1.54) is 6.20 Å². The van der Waals surface area contributed by atoms with Crippen molar-refractivity contribution < 1.29 is 13.2 Å². The number of sulfone groups is 1. The zero-order chi connectivity index (χ0) is 18.8. The van der Waals surface area contributed by atoms with Crippen LogP contribution in [0, 0.1) is 11.8 Å². The third-order valence-electron chi connectivity index (χ3n) is 4.24. The van der Waals surface area contributed by atoms with Gasteiger partial charge in [-0.3, -0.25) is 4.79 Å². The van der Waals surface area contributed by atoms with Gasteiger partial charge in [0.05, 0.1) is 16.5 Å². The molecule has 0 aromatic carbocycles. The first kappa shape index (κ1) is 20.3. The molecular formula is C16H25N3O3S3. The lowest BCUT2D eigenvalue weighted by molar-refractivity contribution is -0.115. The van der Waals surface area contributed by atoms with Crippen molar-refractivity contribution in [1.82, 2.24) is 15.1 Å². The highest BCUT2D eigenvalue weighted by atomic mass is 32.2. The Morgan fingerprint density at radius 3 is 2.00 bits per heavy atom. The van der Waals surface area contributed by atoms with Gasteiger partial charge in [0.2, 0.25) is 9.84 Å². The second-order valence-electron chi connectivity index (χ2n) is 6.74. The van der Waals surface area contributed by atoms with Crippen LogP contribution in [0.4, 0.5) is 0 Å². The number of likely N-dealkylation sites (N-methyl/N-ethyl adjacent to an activating group) is 1. The quantitative estimate of drug-likeness (QED) is 0.457. The van der Waals surface area contributed by atoms with Crippen LogP contribution in [-0.2, 0) is 14.6 Å². The van der Waals surface area contributed by atoms with Gasteiger partial charge < -0.3 is 15.1 Å². The van der Waals surface area contributed by atoms with Crippen LogP contribution >= 0.6 is 24.4 Å². The van der Waals surface area contributed by atoms with Gasteiger partial charge in [-0.25, -0.2) is 8.42 Å². The first-order chi connectivity index (χ1) is 11.7. The van der Waals surface area contributed by atoms with Crippen molar-refractivity contribution in [2.45, 2.75) is 25.7 Å². The minimum atomic E-state index is -3.79. The fourth-order valence-electron chi connectivity index (χ4n) is 2.52. The smallest absolute Gasteiger partial charge is 0.201 e. The number of nitrogens with one attached hydrogen (secondary N) is 1. The minimum absolute atomic E-state index is 0.0428. The van der Waals surface area contributed by atoms with Gasteiger partial charge in [-0.2, -0.15) is 0 Å². The van der Waals surface area contributed by atoms with Gasteiger partial charge in [0, 0.05) is 39.2 Å². The summed E-state index contributed by atoms with van der Waals surface area (Å²) in [5, 5.41) is 2.67. The van der Waals surface area contributed by atoms with E-state index in [9.17, 15) is 13.2 Å². The largest absolute Gasteiger partial charge is 0.393 e. The van der Waals surface area contributed by atoms with Crippen LogP contribution in [0.25, 0.3) is 0 Å². The molecule has 0 spiro atoms. The number of thiocarbonyl (C=S) groups is 2. The lowest BCUT2D eigenvalue weighted by Crippen LogP contribution is -2.37. The summed E-state index contributed by atoms with van der Waals surface area (Å²) < 4.78 is 25.5. The Balaban J connectivity index is 2.06. The number of carbonyl (C=O) groups excluding carboxylic acids is 1. The second-order valence-corrected chi connectivity index (χ2v) is 9.51. The molecule has 25 heavy (non-hydrogen) atoms. The predicted molar refractivity (Wildman–Crippen MR) is 107 cm³/mol. The first-order valence-electron chi connectivity index (χ1n) is 8.30. The van der Waals surface area contributed by atoms with Crippen LogP contribution in [0.3, 0.4) is 0 Å². The molecule has 140 valence electrons. The summed E-state index contributed by atoms with van der Waals surface area (Å²) in [6.45, 7) is -0.0428. The molecular weight excluding hydrogens is 378 g/mol. The van der Waals surface area contributed by atoms with Crippen LogP contribution in [0.1, 0.15) is 25.7 Å². The molecule has 0 bridgehead atoms. The molecule has 0 radical (unpaired) electrons. The molecule has 2 saturated carbocycles. The van der Waals surface area contributed by atoms with E-state index in [1.54, 1.807) is 30.9 Å². The fourth-order valence-corrected chi connectivity index (χ4v) is 4.70. The molecule has 9 heteroatoms. The number of rotatable bonds is 9. The maximum absolute atomic E-state index is 12.7. The molecule has 2 aliphatic carbocycles. The predicted octanol–water partition coefficient (Wildman–Crippen LogP) is 1.33. The Labute approximate surface area is 160 Å². The molecule has 2 rings (SSSR count). The first-order valence-corrected chi connectivity index (χ1v) is 10.8. The highest BCUT2D eigenvalue weighted by Gasteiger charge is 2.34. The lowest BCUT2D eigenvalue weighted by Gasteiger charge is -2.22. The molecule has 0 heterocycles. The van der Waals surface area contributed by atoms with E-state index in [4.69, 9.17) is 24.4 Å². The van der Waals surface area contributed by atoms with Crippen LogP contribution in [-0.4, -0.2) is 67.5 Å². The molecule has 0 unspecified atom stereocenters. The second kappa shape index (κ2) is 8.09. The van der Waals surface area contributed by atoms with E-state index in [-0.39, 0.29) is 17.3 Å². The van der Waals surface area contributed by atoms with Crippen LogP contribution in [0.15, 0.2) is 11.1 Å². The van der Waals surface area contributed by atoms with Gasteiger partial charge in [-0.15, -0.1) is 0 Å². The fraction of sp³-hybridized carbons (Fsp3) is 0.688. The third-order valence-corrected chi connectivity index (χ3v) is 7.27. The summed E-state index contributed by atoms with van der Waals surface area (Å²) in [5.74, 6) is -0.114. The van der Waals surface area contributed by atoms with E-state index in [0.29, 0.717) is 16.8 Å². The van der Waals surface area contributed by atoms with Crippen molar-refractivity contribution in [2.24, 2.45) is 11.8 Å². The Hall–Kier alpha value is -1.06. The molecule has 0 aromatic rings. The molecule has 2 aliphatic rings. The van der Waals surface area contributed by atoms with Gasteiger partial charge in [-0.05, 0) is 25.7 Å². The summed E-state index contributed by atoms with van der Waals surface area (Å²) in [7, 11) is 1.17. The zero-order valence-corrected chi connectivity index (χ0v) is 17.3. The summed E-state index contributed by atoms with van der Waals surface area (Å²) in [5.41, 5.74) is 0. The van der Waals surface area contributed by atoms with Crippen LogP contribution < -0.4 is 5.32 Å². The van der Waals surface area contributed by atoms with E-state index < -0.39 is 15.6 Å². The van der Waals surface area contributed by atoms with Crippen molar-refractivity contribution >= 4 is 50.0 Å². The topological polar surface area (TPSA) is 69.7 Å². The number of nitrogens with zero attached hydrogens (tertiary/aromatic N) is 2. The van der Waals surface area contributed by atoms with Gasteiger partial charge in [0.25, 0.3) is 0 Å². The van der Waals surface area contributed by atoms with Crippen molar-refractivity contribution in [3.8, 4) is 0 Å². The number of hydrogen-bond donors (Lipinski definition) is 1. The van der Waals surface area contributed by atoms with Crippen molar-refractivity contribution in [2.75, 3.05) is 33.6 Å². The molecule has 0 aliphatic heterocycles. The maximum atomic E-state index is 12.7. The molecule has 0 amide bonds. The van der Waals surface area contributed by atoms with Gasteiger partial charge in [0.15, 0.2) is 5.78 Å². The summed E-state index contributed by atoms with van der Waals surface area (Å²) in [6, 6.07) is 0. The van der Waals surface area contributed by atoms with E-state index in [1.807, 2.05) is 0 Å². The highest BCUT2D eigenvalue weighted by Crippen LogP contribution is 2.32. The molecule has 2 fully saturated rings. The standard InChI is InChI=1S/C16H25N3O3S3/c1-17-8-14(13(20)9-18(2)15(23)11-4-5-11)25(21,22)10-19(3)16(24)12-6-7-12/h8,11-12,17H,4-7,9-10H2,1-3H3. The highest BCUT2D eigenvalue weighted by molar-refractivity contribution is 7.96. The Kier molecular flexibility index (Phi) is 6.56. The summed E-state index contributed by atoms with van der Waals surface area (Å²) in [4.78, 5) is 17.0. The third kappa shape index (κ3) is 5.46. The average Bonchev–Trinajstić information content (AvgIpc) is 3.41. The van der Waals surface area contributed by atoms with Crippen molar-refractivity contribution in [3.63, 3.8) is 0 Å². The van der Waals surface area contributed by atoms with Gasteiger partial charge in [0.1, 0.15) is 10.8 Å². The van der Waals surface area contributed by atoms with Crippen molar-refractivity contribution in [1.29, 1.82) is 0 Å². The number of hydrogen-bond acceptors (Lipinski definition) is 6. The van der Waals surface area contributed by atoms with Crippen LogP contribution in [0.2, 0.25) is 0 Å². The van der Waals surface area contributed by atoms with E-state index in [0.717, 1.165) is 30.7 Å². The summed E-state index contributed by atoms with van der Waals surface area (Å²) in [6.07, 6.45) is 5.34. The molecule has 0 aromatic heterocycles. The van der Waals surface area contributed by atoms with E-state index in [2.05, 4.69) is 5.32 Å². The molecule has 6 nitrogen and oxygen atoms in total. The summed E-state index contributed by atoms with van der Waals surface area (Å²) >= 11 is 10.6. The van der Waals surface area contributed by atoms with Crippen molar-refractivity contribution in [3.05, 3.63) is 11.1 Å². The Bertz CT molecular complexity index is 695. The lowest BCUT2D eigenvalue weighted by atomic mass is 10.3.